The molecule has 0 aliphatic rings. The number of pyridine rings is 2. The fraction of sp³-hybridized carbons (Fsp3) is 0.448. The quantitative estimate of drug-likeness (QED) is 0.0671. The van der Waals surface area contributed by atoms with Crippen LogP contribution >= 0.6 is 45.7 Å². The molecule has 0 radical (unpaired) electrons. The molecule has 0 unspecified atom stereocenters. The van der Waals surface area contributed by atoms with Gasteiger partial charge < -0.3 is 72.6 Å². The van der Waals surface area contributed by atoms with Crippen LogP contribution in [0.4, 0.5) is 34.8 Å². The zero-order valence-corrected chi connectivity index (χ0v) is 91.1. The second-order valence-corrected chi connectivity index (χ2v) is 47.3. The van der Waals surface area contributed by atoms with E-state index in [1.54, 1.807) is 90.4 Å². The van der Waals surface area contributed by atoms with Gasteiger partial charge in [0.25, 0.3) is 27.8 Å². The maximum absolute atomic E-state index is 11.6. The molecule has 0 saturated carbocycles. The standard InChI is InChI=1S/C11H15N3.C11H14N2S.C10H14N4O.2C10H13N3OS.C9H13N5O.C9H13N5.C9H12N4O.C9H12N4S.C8H12N6/c1-11(2,3)14-7-5-8-9(12)4-6-13-10(8)14;1-11(2,3)10-9-7(6-14-10)8(12)4-5-13-9;1-6-12-8-7(9(15)13-6)11-5-14(8)10(2,3)4;1-10(2,3)7-6-5(4-15-7)8(14)13-9(11)12-6;1-5-11-6-7(9(14)12-5)13-15-8(6)10(2,3)4;1-5-10-7-6(8(15)11-5)12-13-14(7)9(2,3)4;1-9(2,3)14-5-13-6-7(10)11-4-12-8(6)14;1-9(2,3)13-5-12-6-7(13)10-4-11-8(6)14;1-9(2,3)7-5-6(13-14-7)8(10)12-4-11-5;1-8(2,3)14-7-5(4-10-14)6(9)11-13-12-7/h4-7H,1-3H3,(H2,12,13);4-6H,12H2,1-3H3;5H,1-4H3,(H,12,13,15);4H,1-3H3,(H3,11,12,13,14);1-4H3,(H,11,12,14);1-4H3,(H,10,11,15);4-5H,1-3H3,(H2,10,11,12);4-5H,1-3H3,(H,10,11,14);4H,1-3H3,(H2,10,11,12);4H,1-3H3,(H2,9,11,12). The molecule has 0 saturated heterocycles. The third-order valence-corrected chi connectivity index (χ3v) is 26.6. The van der Waals surface area contributed by atoms with E-state index in [2.05, 4.69) is 269 Å². The third-order valence-electron chi connectivity index (χ3n) is 21.2. The molecule has 20 rings (SSSR count). The number of aromatic nitrogens is 33. The lowest BCUT2D eigenvalue weighted by Gasteiger charge is -2.21. The average molecular weight is 2040 g/mol. The Labute approximate surface area is 845 Å². The highest BCUT2D eigenvalue weighted by Gasteiger charge is 2.30. The number of nitrogen functional groups attached to an aromatic ring is 6. The smallest absolute Gasteiger partial charge is 0.281 e. The molecule has 20 aromatic heterocycles. The molecular formula is C96H131N39O5S4. The van der Waals surface area contributed by atoms with Crippen LogP contribution in [0.25, 0.3) is 111 Å². The molecule has 20 heterocycles. The summed E-state index contributed by atoms with van der Waals surface area (Å²) in [6, 6.07) is 5.69. The van der Waals surface area contributed by atoms with Crippen LogP contribution in [-0.4, -0.2) is 162 Å². The average Bonchev–Trinajstić information content (AvgIpc) is 1.62. The summed E-state index contributed by atoms with van der Waals surface area (Å²) in [5.41, 5.74) is 45.1. The number of hydrogen-bond donors (Lipinski definition) is 11. The van der Waals surface area contributed by atoms with E-state index in [-0.39, 0.29) is 94.2 Å². The van der Waals surface area contributed by atoms with Crippen molar-refractivity contribution >= 4 is 191 Å². The van der Waals surface area contributed by atoms with E-state index in [9.17, 15) is 24.0 Å². The van der Waals surface area contributed by atoms with Crippen molar-refractivity contribution in [3.05, 3.63) is 180 Å². The highest BCUT2D eigenvalue weighted by Crippen LogP contribution is 2.39. The summed E-state index contributed by atoms with van der Waals surface area (Å²) in [5, 5.41) is 30.6. The number of aryl methyl sites for hydroxylation is 3. The van der Waals surface area contributed by atoms with E-state index in [1.165, 1.54) is 46.9 Å². The van der Waals surface area contributed by atoms with Gasteiger partial charge in [0, 0.05) is 94.2 Å². The number of fused-ring (bicyclic) bond motifs is 10. The predicted octanol–water partition coefficient (Wildman–Crippen LogP) is 15.7. The fourth-order valence-corrected chi connectivity index (χ4v) is 18.1. The summed E-state index contributed by atoms with van der Waals surface area (Å²) in [6.07, 6.45) is 16.6. The highest BCUT2D eigenvalue weighted by molar-refractivity contribution is 7.12. The lowest BCUT2D eigenvalue weighted by atomic mass is 9.93. The van der Waals surface area contributed by atoms with Crippen LogP contribution in [0.3, 0.4) is 0 Å². The first kappa shape index (κ1) is 110. The Morgan fingerprint density at radius 1 is 0.319 bits per heavy atom. The normalized spacial score (nSPS) is 12.2. The van der Waals surface area contributed by atoms with E-state index < -0.39 is 0 Å². The first-order valence-electron chi connectivity index (χ1n) is 45.9. The molecule has 0 amide bonds. The maximum Gasteiger partial charge on any atom is 0.281 e. The second-order valence-electron chi connectivity index (χ2n) is 44.0. The molecular weight excluding hydrogens is 1910 g/mol. The Bertz CT molecular complexity index is 7360. The van der Waals surface area contributed by atoms with Crippen molar-refractivity contribution in [2.24, 2.45) is 0 Å². The monoisotopic (exact) mass is 2040 g/mol. The van der Waals surface area contributed by atoms with Crippen LogP contribution in [0.1, 0.15) is 245 Å². The molecule has 44 nitrogen and oxygen atoms in total. The molecule has 48 heteroatoms. The number of thiophene rings is 2. The van der Waals surface area contributed by atoms with Crippen LogP contribution in [-0.2, 0) is 54.9 Å². The Morgan fingerprint density at radius 3 is 1.33 bits per heavy atom. The van der Waals surface area contributed by atoms with Crippen molar-refractivity contribution in [2.45, 2.75) is 283 Å². The van der Waals surface area contributed by atoms with Crippen LogP contribution in [0.15, 0.2) is 116 Å². The van der Waals surface area contributed by atoms with Gasteiger partial charge in [0.1, 0.15) is 57.8 Å². The molecule has 0 fully saturated rings. The number of nitrogens with one attached hydrogen (secondary N) is 5. The Kier molecular flexibility index (Phi) is 31.7. The molecule has 764 valence electrons. The minimum atomic E-state index is -0.243. The third kappa shape index (κ3) is 25.3. The summed E-state index contributed by atoms with van der Waals surface area (Å²) in [6.45, 7) is 67.9. The molecule has 144 heavy (non-hydrogen) atoms. The van der Waals surface area contributed by atoms with Gasteiger partial charge in [-0.25, -0.2) is 74.2 Å². The van der Waals surface area contributed by atoms with Gasteiger partial charge in [0.05, 0.1) is 74.1 Å². The number of hydrogen-bond acceptors (Lipinski definition) is 37. The Hall–Kier alpha value is -14.8. The van der Waals surface area contributed by atoms with Crippen molar-refractivity contribution in [3.8, 4) is 0 Å². The Balaban J connectivity index is 0.000000153. The van der Waals surface area contributed by atoms with Gasteiger partial charge >= 0.3 is 0 Å². The molecule has 20 aromatic rings. The number of H-pyrrole nitrogens is 5. The largest absolute Gasteiger partial charge is 0.398 e. The minimum Gasteiger partial charge on any atom is -0.398 e. The highest BCUT2D eigenvalue weighted by atomic mass is 32.1. The van der Waals surface area contributed by atoms with E-state index in [0.717, 1.165) is 81.0 Å². The van der Waals surface area contributed by atoms with Gasteiger partial charge in [-0.15, -0.1) is 38.0 Å². The fourth-order valence-electron chi connectivity index (χ4n) is 14.2. The number of anilines is 6. The SMILES string of the molecule is CC(C)(C)c1scc2c(=O)[nH]c(N)nc12.CC(C)(C)c1scc2c(N)ccnc12.CC(C)(C)c1snc2c(N)ncnc12.CC(C)(C)n1ccc2c(N)ccnc21.CC(C)(C)n1cnc2c(=O)[nH]cnc21.CC(C)(C)n1cnc2c(N)ncnc21.CC(C)(C)n1ncc2c(N)nnnc21.Cc1nc2c(C(C)(C)C)snc2c(=O)[nH]1.Cc1nc2c(ncn2C(C)(C)C)c(=O)[nH]1.Cc1nc2c(nnn2C(C)(C)C)c(=O)[nH]1. The number of nitrogens with two attached hydrogens (primary N) is 6. The Morgan fingerprint density at radius 2 is 0.778 bits per heavy atom. The second kappa shape index (κ2) is 41.6. The van der Waals surface area contributed by atoms with Gasteiger partial charge in [-0.2, -0.15) is 13.8 Å². The molecule has 0 spiro atoms. The van der Waals surface area contributed by atoms with Crippen molar-refractivity contribution in [1.29, 1.82) is 0 Å². The van der Waals surface area contributed by atoms with Crippen molar-refractivity contribution in [2.75, 3.05) is 34.4 Å². The van der Waals surface area contributed by atoms with Crippen molar-refractivity contribution < 1.29 is 0 Å². The van der Waals surface area contributed by atoms with Crippen molar-refractivity contribution in [1.82, 2.24) is 162 Å². The topological polar surface area (TPSA) is 634 Å². The molecule has 0 aliphatic carbocycles. The summed E-state index contributed by atoms with van der Waals surface area (Å²) < 4.78 is 19.8. The van der Waals surface area contributed by atoms with Crippen LogP contribution in [0.2, 0.25) is 0 Å². The zero-order chi connectivity index (χ0) is 107. The zero-order valence-electron chi connectivity index (χ0n) is 87.8. The van der Waals surface area contributed by atoms with Crippen molar-refractivity contribution in [3.63, 3.8) is 0 Å². The number of rotatable bonds is 0. The van der Waals surface area contributed by atoms with E-state index in [0.29, 0.717) is 85.0 Å². The predicted molar refractivity (Wildman–Crippen MR) is 579 cm³/mol. The summed E-state index contributed by atoms with van der Waals surface area (Å²) in [5.74, 6) is 3.25. The van der Waals surface area contributed by atoms with Gasteiger partial charge in [0.2, 0.25) is 5.95 Å². The first-order chi connectivity index (χ1) is 66.6. The molecule has 0 aliphatic heterocycles. The van der Waals surface area contributed by atoms with Crippen LogP contribution < -0.4 is 62.2 Å². The number of aromatic amines is 5. The van der Waals surface area contributed by atoms with Gasteiger partial charge in [-0.3, -0.25) is 33.9 Å². The minimum absolute atomic E-state index is 0.0142. The molecule has 0 atom stereocenters. The number of imidazole rings is 3. The number of nitrogens with zero attached hydrogens (tertiary/aromatic N) is 28. The summed E-state index contributed by atoms with van der Waals surface area (Å²) >= 11 is 6.11. The van der Waals surface area contributed by atoms with E-state index >= 15 is 0 Å². The van der Waals surface area contributed by atoms with E-state index in [4.69, 9.17) is 34.4 Å². The van der Waals surface area contributed by atoms with Gasteiger partial charge in [0.15, 0.2) is 67.8 Å². The molecule has 0 aromatic carbocycles. The van der Waals surface area contributed by atoms with Gasteiger partial charge in [-0.1, -0.05) is 88.3 Å². The molecule has 0 bridgehead atoms. The summed E-state index contributed by atoms with van der Waals surface area (Å²) in [7, 11) is 0. The maximum atomic E-state index is 11.6. The van der Waals surface area contributed by atoms with Gasteiger partial charge in [-0.05, 0) is 203 Å². The van der Waals surface area contributed by atoms with E-state index in [1.807, 2.05) is 127 Å². The lowest BCUT2D eigenvalue weighted by Crippen LogP contribution is -2.24. The van der Waals surface area contributed by atoms with Crippen LogP contribution in [0, 0.1) is 20.8 Å². The van der Waals surface area contributed by atoms with Crippen LogP contribution in [0.5, 0.6) is 0 Å². The summed E-state index contributed by atoms with van der Waals surface area (Å²) in [4.78, 5) is 134. The lowest BCUT2D eigenvalue weighted by molar-refractivity contribution is 0.356. The first-order valence-corrected chi connectivity index (χ1v) is 49.2. The molecule has 17 N–H and O–H groups in total.